The lowest BCUT2D eigenvalue weighted by Gasteiger charge is -2.10. The van der Waals surface area contributed by atoms with E-state index in [0.29, 0.717) is 5.57 Å². The first-order valence-corrected chi connectivity index (χ1v) is 6.32. The fourth-order valence-electron chi connectivity index (χ4n) is 1.55. The second-order valence-corrected chi connectivity index (χ2v) is 4.15. The molecule has 0 aliphatic rings. The van der Waals surface area contributed by atoms with Crippen LogP contribution in [0.1, 0.15) is 11.1 Å². The summed E-state index contributed by atoms with van der Waals surface area (Å²) in [5, 5.41) is 0.839. The molecule has 0 saturated carbocycles. The predicted octanol–water partition coefficient (Wildman–Crippen LogP) is 2.78. The largest absolute Gasteiger partial charge is 0.503 e. The topological polar surface area (TPSA) is 35.5 Å². The number of aryl methyl sites for hydroxylation is 1. The smallest absolute Gasteiger partial charge is 0.341 e. The first-order chi connectivity index (χ1) is 8.24. The van der Waals surface area contributed by atoms with E-state index in [1.807, 2.05) is 24.3 Å². The number of benzene rings is 1. The minimum absolute atomic E-state index is 0.395. The summed E-state index contributed by atoms with van der Waals surface area (Å²) in [6.45, 7) is 0. The fraction of sp³-hybridized carbons (Fsp3) is 0.308. The Bertz CT molecular complexity index is 413. The summed E-state index contributed by atoms with van der Waals surface area (Å²) in [5.74, 6) is -0.395. The lowest BCUT2D eigenvalue weighted by molar-refractivity contribution is -0.133. The number of alkyl halides is 1. The molecule has 4 heteroatoms. The van der Waals surface area contributed by atoms with Crippen molar-refractivity contribution in [1.82, 2.24) is 0 Å². The third-order valence-corrected chi connectivity index (χ3v) is 2.71. The van der Waals surface area contributed by atoms with Crippen LogP contribution in [0.5, 0.6) is 0 Å². The number of methoxy groups -OCH3 is 2. The zero-order chi connectivity index (χ0) is 12.7. The summed E-state index contributed by atoms with van der Waals surface area (Å²) in [5.41, 5.74) is 2.37. The highest BCUT2D eigenvalue weighted by molar-refractivity contribution is 9.09. The van der Waals surface area contributed by atoms with Crippen LogP contribution in [0.25, 0.3) is 5.57 Å². The summed E-state index contributed by atoms with van der Waals surface area (Å²) >= 11 is 3.40. The highest BCUT2D eigenvalue weighted by Crippen LogP contribution is 2.21. The average Bonchev–Trinajstić information content (AvgIpc) is 2.36. The molecule has 0 fully saturated rings. The first-order valence-electron chi connectivity index (χ1n) is 5.20. The molecular weight excluding hydrogens is 284 g/mol. The Morgan fingerprint density at radius 2 is 2.06 bits per heavy atom. The maximum absolute atomic E-state index is 11.7. The molecule has 1 rings (SSSR count). The molecule has 1 aromatic carbocycles. The SMILES string of the molecule is COC=C(C(=O)OC)c1ccccc1CCBr. The summed E-state index contributed by atoms with van der Waals surface area (Å²) < 4.78 is 9.69. The third-order valence-electron chi connectivity index (χ3n) is 2.31. The van der Waals surface area contributed by atoms with E-state index in [1.54, 1.807) is 0 Å². The van der Waals surface area contributed by atoms with Gasteiger partial charge in [0.1, 0.15) is 5.57 Å². The van der Waals surface area contributed by atoms with Crippen molar-refractivity contribution in [2.45, 2.75) is 6.42 Å². The van der Waals surface area contributed by atoms with Gasteiger partial charge in [0.25, 0.3) is 0 Å². The van der Waals surface area contributed by atoms with Crippen molar-refractivity contribution in [3.63, 3.8) is 0 Å². The molecule has 17 heavy (non-hydrogen) atoms. The molecule has 0 radical (unpaired) electrons. The van der Waals surface area contributed by atoms with Gasteiger partial charge in [0.15, 0.2) is 0 Å². The Kier molecular flexibility index (Phi) is 5.77. The molecule has 0 bridgehead atoms. The second kappa shape index (κ2) is 7.12. The zero-order valence-corrected chi connectivity index (χ0v) is 11.5. The van der Waals surface area contributed by atoms with Crippen LogP contribution in [0.4, 0.5) is 0 Å². The molecule has 3 nitrogen and oxygen atoms in total. The molecule has 0 N–H and O–H groups in total. The van der Waals surface area contributed by atoms with Gasteiger partial charge in [0.2, 0.25) is 0 Å². The molecule has 0 unspecified atom stereocenters. The van der Waals surface area contributed by atoms with Crippen molar-refractivity contribution >= 4 is 27.5 Å². The van der Waals surface area contributed by atoms with Crippen LogP contribution >= 0.6 is 15.9 Å². The minimum Gasteiger partial charge on any atom is -0.503 e. The van der Waals surface area contributed by atoms with Gasteiger partial charge >= 0.3 is 5.97 Å². The van der Waals surface area contributed by atoms with Gasteiger partial charge in [-0.2, -0.15) is 0 Å². The summed E-state index contributed by atoms with van der Waals surface area (Å²) in [7, 11) is 2.87. The monoisotopic (exact) mass is 298 g/mol. The van der Waals surface area contributed by atoms with E-state index in [2.05, 4.69) is 15.9 Å². The van der Waals surface area contributed by atoms with E-state index in [9.17, 15) is 4.79 Å². The molecule has 0 amide bonds. The highest BCUT2D eigenvalue weighted by atomic mass is 79.9. The van der Waals surface area contributed by atoms with Crippen LogP contribution in [0.3, 0.4) is 0 Å². The van der Waals surface area contributed by atoms with Crippen LogP contribution in [0.2, 0.25) is 0 Å². The number of ether oxygens (including phenoxy) is 2. The Labute approximate surface area is 110 Å². The molecule has 0 aliphatic heterocycles. The molecule has 0 aliphatic carbocycles. The standard InChI is InChI=1S/C13H15BrO3/c1-16-9-12(13(15)17-2)11-6-4-3-5-10(11)7-8-14/h3-6,9H,7-8H2,1-2H3. The molecule has 0 atom stereocenters. The predicted molar refractivity (Wildman–Crippen MR) is 70.9 cm³/mol. The second-order valence-electron chi connectivity index (χ2n) is 3.35. The minimum atomic E-state index is -0.395. The maximum Gasteiger partial charge on any atom is 0.341 e. The molecule has 0 spiro atoms. The van der Waals surface area contributed by atoms with Crippen LogP contribution in [0.15, 0.2) is 30.5 Å². The molecule has 0 aromatic heterocycles. The first kappa shape index (κ1) is 13.8. The Balaban J connectivity index is 3.18. The van der Waals surface area contributed by atoms with Gasteiger partial charge < -0.3 is 9.47 Å². The molecule has 92 valence electrons. The van der Waals surface area contributed by atoms with Gasteiger partial charge in [-0.3, -0.25) is 0 Å². The number of carbonyl (C=O) groups is 1. The molecule has 0 saturated heterocycles. The van der Waals surface area contributed by atoms with Crippen molar-refractivity contribution in [1.29, 1.82) is 0 Å². The van der Waals surface area contributed by atoms with E-state index in [4.69, 9.17) is 9.47 Å². The summed E-state index contributed by atoms with van der Waals surface area (Å²) in [6.07, 6.45) is 2.26. The van der Waals surface area contributed by atoms with Crippen molar-refractivity contribution in [3.05, 3.63) is 41.7 Å². The van der Waals surface area contributed by atoms with Crippen LogP contribution in [-0.2, 0) is 20.7 Å². The van der Waals surface area contributed by atoms with Gasteiger partial charge in [-0.15, -0.1) is 0 Å². The molecule has 1 aromatic rings. The van der Waals surface area contributed by atoms with E-state index in [1.165, 1.54) is 20.5 Å². The van der Waals surface area contributed by atoms with E-state index < -0.39 is 5.97 Å². The van der Waals surface area contributed by atoms with Gasteiger partial charge in [-0.1, -0.05) is 40.2 Å². The maximum atomic E-state index is 11.7. The molecular formula is C13H15BrO3. The van der Waals surface area contributed by atoms with Gasteiger partial charge in [-0.05, 0) is 17.5 Å². The lowest BCUT2D eigenvalue weighted by Crippen LogP contribution is -2.07. The van der Waals surface area contributed by atoms with Crippen molar-refractivity contribution in [2.24, 2.45) is 0 Å². The summed E-state index contributed by atoms with van der Waals surface area (Å²) in [6, 6.07) is 7.71. The van der Waals surface area contributed by atoms with Gasteiger partial charge in [0, 0.05) is 5.33 Å². The average molecular weight is 299 g/mol. The fourth-order valence-corrected chi connectivity index (χ4v) is 1.98. The Morgan fingerprint density at radius 1 is 1.35 bits per heavy atom. The quantitative estimate of drug-likeness (QED) is 0.363. The van der Waals surface area contributed by atoms with Crippen molar-refractivity contribution in [2.75, 3.05) is 19.5 Å². The third kappa shape index (κ3) is 3.60. The van der Waals surface area contributed by atoms with Crippen LogP contribution in [0, 0.1) is 0 Å². The van der Waals surface area contributed by atoms with E-state index in [-0.39, 0.29) is 0 Å². The van der Waals surface area contributed by atoms with Gasteiger partial charge in [-0.25, -0.2) is 4.79 Å². The lowest BCUT2D eigenvalue weighted by atomic mass is 9.99. The number of hydrogen-bond acceptors (Lipinski definition) is 3. The van der Waals surface area contributed by atoms with E-state index in [0.717, 1.165) is 22.9 Å². The van der Waals surface area contributed by atoms with Crippen molar-refractivity contribution < 1.29 is 14.3 Å². The van der Waals surface area contributed by atoms with E-state index >= 15 is 0 Å². The van der Waals surface area contributed by atoms with Crippen LogP contribution < -0.4 is 0 Å². The van der Waals surface area contributed by atoms with Gasteiger partial charge in [0.05, 0.1) is 20.5 Å². The normalized spacial score (nSPS) is 11.1. The number of halogens is 1. The number of hydrogen-bond donors (Lipinski definition) is 0. The Morgan fingerprint density at radius 3 is 2.65 bits per heavy atom. The highest BCUT2D eigenvalue weighted by Gasteiger charge is 2.15. The molecule has 0 heterocycles. The summed E-state index contributed by atoms with van der Waals surface area (Å²) in [4.78, 5) is 11.7. The van der Waals surface area contributed by atoms with Crippen molar-refractivity contribution in [3.8, 4) is 0 Å². The number of carbonyl (C=O) groups excluding carboxylic acids is 1. The zero-order valence-electron chi connectivity index (χ0n) is 9.90. The number of rotatable bonds is 5. The van der Waals surface area contributed by atoms with Crippen LogP contribution in [-0.4, -0.2) is 25.5 Å². The number of esters is 1. The Hall–Kier alpha value is -1.29.